The van der Waals surface area contributed by atoms with Gasteiger partial charge < -0.3 is 20.5 Å². The zero-order chi connectivity index (χ0) is 21.7. The summed E-state index contributed by atoms with van der Waals surface area (Å²) in [4.78, 5) is 7.10. The van der Waals surface area contributed by atoms with Crippen molar-refractivity contribution in [1.82, 2.24) is 24.4 Å². The van der Waals surface area contributed by atoms with Gasteiger partial charge >= 0.3 is 0 Å². The molecular weight excluding hydrogens is 436 g/mol. The molecule has 31 heavy (non-hydrogen) atoms. The fourth-order valence-corrected chi connectivity index (χ4v) is 5.46. The van der Waals surface area contributed by atoms with Crippen LogP contribution in [0.15, 0.2) is 34.9 Å². The minimum Gasteiger partial charge on any atom is -0.352 e. The van der Waals surface area contributed by atoms with E-state index in [1.807, 2.05) is 32.3 Å². The van der Waals surface area contributed by atoms with Crippen molar-refractivity contribution in [1.29, 1.82) is 0 Å². The highest BCUT2D eigenvalue weighted by atomic mass is 32.2. The molecule has 0 bridgehead atoms. The first kappa shape index (κ1) is 20.1. The predicted octanol–water partition coefficient (Wildman–Crippen LogP) is 2.36. The van der Waals surface area contributed by atoms with Crippen molar-refractivity contribution in [3.05, 3.63) is 36.3 Å². The van der Waals surface area contributed by atoms with E-state index in [9.17, 15) is 8.76 Å². The lowest BCUT2D eigenvalue weighted by Crippen LogP contribution is -2.52. The topological polar surface area (TPSA) is 127 Å². The van der Waals surface area contributed by atoms with Gasteiger partial charge in [0.05, 0.1) is 17.4 Å². The number of rotatable bonds is 6. The Morgan fingerprint density at radius 2 is 2.19 bits per heavy atom. The number of anilines is 3. The first-order valence-electron chi connectivity index (χ1n) is 9.77. The summed E-state index contributed by atoms with van der Waals surface area (Å²) in [6.45, 7) is 3.28. The SMILES string of the molecule is Cc1cc(Nc2cc(N3CCC3CN)nc3c(-c4cnn(C)c4)cnn23)sc1S(=O)O. The molecule has 12 heteroatoms. The van der Waals surface area contributed by atoms with Crippen molar-refractivity contribution in [3.63, 3.8) is 0 Å². The lowest BCUT2D eigenvalue weighted by atomic mass is 10.0. The van der Waals surface area contributed by atoms with Gasteiger partial charge in [0.2, 0.25) is 0 Å². The summed E-state index contributed by atoms with van der Waals surface area (Å²) < 4.78 is 25.0. The smallest absolute Gasteiger partial charge is 0.197 e. The minimum absolute atomic E-state index is 0.264. The number of fused-ring (bicyclic) bond motifs is 1. The van der Waals surface area contributed by atoms with Gasteiger partial charge in [0.15, 0.2) is 16.7 Å². The van der Waals surface area contributed by atoms with Gasteiger partial charge in [-0.15, -0.1) is 11.3 Å². The molecule has 0 amide bonds. The Bertz CT molecular complexity index is 1290. The number of thiophene rings is 1. The molecular formula is C19H22N8O2S2. The first-order valence-corrected chi connectivity index (χ1v) is 11.7. The second-order valence-corrected chi connectivity index (χ2v) is 9.74. The second kappa shape index (κ2) is 7.71. The van der Waals surface area contributed by atoms with Gasteiger partial charge in [0, 0.05) is 49.6 Å². The average Bonchev–Trinajstić information content (AvgIpc) is 3.39. The van der Waals surface area contributed by atoms with Crippen LogP contribution in [0.1, 0.15) is 12.0 Å². The summed E-state index contributed by atoms with van der Waals surface area (Å²) in [7, 11) is 1.87. The number of aryl methyl sites for hydroxylation is 2. The molecule has 1 saturated heterocycles. The largest absolute Gasteiger partial charge is 0.352 e. The Labute approximate surface area is 185 Å². The van der Waals surface area contributed by atoms with E-state index in [0.29, 0.717) is 22.2 Å². The van der Waals surface area contributed by atoms with Crippen molar-refractivity contribution >= 4 is 44.7 Å². The lowest BCUT2D eigenvalue weighted by molar-refractivity contribution is 0.452. The van der Waals surface area contributed by atoms with Gasteiger partial charge in [-0.2, -0.15) is 14.7 Å². The van der Waals surface area contributed by atoms with E-state index in [2.05, 4.69) is 20.4 Å². The zero-order valence-electron chi connectivity index (χ0n) is 17.0. The minimum atomic E-state index is -2.02. The molecule has 0 saturated carbocycles. The highest BCUT2D eigenvalue weighted by Gasteiger charge is 2.29. The molecule has 4 N–H and O–H groups in total. The molecule has 162 valence electrons. The molecule has 5 rings (SSSR count). The quantitative estimate of drug-likeness (QED) is 0.376. The van der Waals surface area contributed by atoms with Crippen LogP contribution in [0.2, 0.25) is 0 Å². The van der Waals surface area contributed by atoms with Crippen molar-refractivity contribution < 1.29 is 8.76 Å². The van der Waals surface area contributed by atoms with Gasteiger partial charge in [-0.3, -0.25) is 4.68 Å². The maximum absolute atomic E-state index is 11.6. The highest BCUT2D eigenvalue weighted by Crippen LogP contribution is 2.35. The van der Waals surface area contributed by atoms with Crippen molar-refractivity contribution in [3.8, 4) is 11.1 Å². The molecule has 1 fully saturated rings. The summed E-state index contributed by atoms with van der Waals surface area (Å²) in [5, 5.41) is 12.9. The summed E-state index contributed by atoms with van der Waals surface area (Å²) in [6, 6.07) is 4.07. The highest BCUT2D eigenvalue weighted by molar-refractivity contribution is 7.82. The van der Waals surface area contributed by atoms with Crippen molar-refractivity contribution in [2.75, 3.05) is 23.3 Å². The Morgan fingerprint density at radius 3 is 2.81 bits per heavy atom. The Morgan fingerprint density at radius 1 is 1.35 bits per heavy atom. The monoisotopic (exact) mass is 458 g/mol. The van der Waals surface area contributed by atoms with E-state index in [-0.39, 0.29) is 6.04 Å². The summed E-state index contributed by atoms with van der Waals surface area (Å²) in [5.41, 5.74) is 9.20. The fraction of sp³-hybridized carbons (Fsp3) is 0.316. The maximum atomic E-state index is 11.6. The van der Waals surface area contributed by atoms with E-state index in [0.717, 1.165) is 40.5 Å². The summed E-state index contributed by atoms with van der Waals surface area (Å²) in [6.07, 6.45) is 6.53. The number of nitrogens with zero attached hydrogens (tertiary/aromatic N) is 6. The van der Waals surface area contributed by atoms with Gasteiger partial charge in [-0.05, 0) is 25.0 Å². The number of hydrogen-bond acceptors (Lipinski definition) is 8. The van der Waals surface area contributed by atoms with E-state index < -0.39 is 11.1 Å². The Balaban J connectivity index is 1.63. The lowest BCUT2D eigenvalue weighted by Gasteiger charge is -2.41. The van der Waals surface area contributed by atoms with Crippen LogP contribution in [0.3, 0.4) is 0 Å². The molecule has 5 heterocycles. The standard InChI is InChI=1S/C19H22N8O2S2/c1-11-5-17(30-19(11)31(28)29)23-16-6-15(26-4-3-13(26)7-20)24-18-14(9-22-27(16)18)12-8-21-25(2)10-12/h5-6,8-10,13,23H,3-4,7,20H2,1-2H3,(H,28,29). The molecule has 1 aliphatic heterocycles. The van der Waals surface area contributed by atoms with Gasteiger partial charge in [-0.25, -0.2) is 9.19 Å². The Hall–Kier alpha value is -2.80. The zero-order valence-corrected chi connectivity index (χ0v) is 18.7. The van der Waals surface area contributed by atoms with Crippen LogP contribution in [0.5, 0.6) is 0 Å². The third-order valence-corrected chi connectivity index (χ3v) is 7.73. The Kier molecular flexibility index (Phi) is 5.01. The molecule has 0 spiro atoms. The maximum Gasteiger partial charge on any atom is 0.197 e. The van der Waals surface area contributed by atoms with Gasteiger partial charge in [0.1, 0.15) is 15.8 Å². The van der Waals surface area contributed by atoms with Crippen LogP contribution in [0.4, 0.5) is 16.6 Å². The molecule has 0 aliphatic carbocycles. The first-order chi connectivity index (χ1) is 14.9. The van der Waals surface area contributed by atoms with E-state index >= 15 is 0 Å². The molecule has 2 unspecified atom stereocenters. The molecule has 0 radical (unpaired) electrons. The van der Waals surface area contributed by atoms with E-state index in [4.69, 9.17) is 10.7 Å². The van der Waals surface area contributed by atoms with E-state index in [1.165, 1.54) is 11.3 Å². The predicted molar refractivity (Wildman–Crippen MR) is 121 cm³/mol. The van der Waals surface area contributed by atoms with Gasteiger partial charge in [-0.1, -0.05) is 0 Å². The number of nitrogens with one attached hydrogen (secondary N) is 1. The molecule has 4 aromatic rings. The van der Waals surface area contributed by atoms with Crippen molar-refractivity contribution in [2.45, 2.75) is 23.6 Å². The van der Waals surface area contributed by atoms with Crippen LogP contribution in [0, 0.1) is 6.92 Å². The van der Waals surface area contributed by atoms with Gasteiger partial charge in [0.25, 0.3) is 0 Å². The van der Waals surface area contributed by atoms with Crippen molar-refractivity contribution in [2.24, 2.45) is 12.8 Å². The molecule has 4 aromatic heterocycles. The molecule has 10 nitrogen and oxygen atoms in total. The molecule has 0 aromatic carbocycles. The van der Waals surface area contributed by atoms with Crippen LogP contribution in [0.25, 0.3) is 16.8 Å². The summed E-state index contributed by atoms with van der Waals surface area (Å²) in [5.74, 6) is 1.54. The number of nitrogens with two attached hydrogens (primary N) is 1. The molecule has 2 atom stereocenters. The van der Waals surface area contributed by atoms with Crippen LogP contribution >= 0.6 is 11.3 Å². The van der Waals surface area contributed by atoms with Crippen LogP contribution in [-0.4, -0.2) is 52.3 Å². The number of aromatic nitrogens is 5. The normalized spacial score (nSPS) is 17.2. The third-order valence-electron chi connectivity index (χ3n) is 5.47. The molecule has 1 aliphatic rings. The third kappa shape index (κ3) is 3.51. The summed E-state index contributed by atoms with van der Waals surface area (Å²) >= 11 is -0.774. The van der Waals surface area contributed by atoms with Crippen LogP contribution in [-0.2, 0) is 18.1 Å². The fourth-order valence-electron chi connectivity index (χ4n) is 3.76. The second-order valence-electron chi connectivity index (χ2n) is 7.52. The average molecular weight is 459 g/mol. The number of hydrogen-bond donors (Lipinski definition) is 3. The van der Waals surface area contributed by atoms with Crippen LogP contribution < -0.4 is 16.0 Å². The van der Waals surface area contributed by atoms with E-state index in [1.54, 1.807) is 21.6 Å².